The smallest absolute Gasteiger partial charge is 0.244 e. The van der Waals surface area contributed by atoms with E-state index in [1.165, 1.54) is 37.5 Å². The largest absolute Gasteiger partial charge is 0.496 e. The standard InChI is InChI=1S/C23H22FN3O3/c1-30-21-8-2-16(13-25)12-18(21)5-9-22(28)26-10-11-27-14-19(15-27)23(29)17-3-6-20(24)7-4-17/h2-9,12,19H,10-11,14-15H2,1H3,(H,26,28)/b9-5+. The first kappa shape index (κ1) is 21.2. The summed E-state index contributed by atoms with van der Waals surface area (Å²) in [6.07, 6.45) is 3.01. The lowest BCUT2D eigenvalue weighted by atomic mass is 9.91. The Labute approximate surface area is 174 Å². The maximum absolute atomic E-state index is 13.0. The molecule has 3 rings (SSSR count). The molecular formula is C23H22FN3O3. The van der Waals surface area contributed by atoms with Crippen LogP contribution in [0.15, 0.2) is 48.5 Å². The molecule has 0 radical (unpaired) electrons. The van der Waals surface area contributed by atoms with E-state index in [1.54, 1.807) is 24.3 Å². The van der Waals surface area contributed by atoms with Crippen LogP contribution in [0, 0.1) is 23.1 Å². The number of ether oxygens (including phenoxy) is 1. The molecular weight excluding hydrogens is 385 g/mol. The molecule has 30 heavy (non-hydrogen) atoms. The summed E-state index contributed by atoms with van der Waals surface area (Å²) in [5.74, 6) is -0.102. The summed E-state index contributed by atoms with van der Waals surface area (Å²) in [7, 11) is 1.53. The molecule has 1 fully saturated rings. The molecule has 0 bridgehead atoms. The molecule has 7 heteroatoms. The van der Waals surface area contributed by atoms with Crippen LogP contribution in [0.5, 0.6) is 5.75 Å². The molecule has 1 saturated heterocycles. The van der Waals surface area contributed by atoms with Crippen LogP contribution in [0.3, 0.4) is 0 Å². The summed E-state index contributed by atoms with van der Waals surface area (Å²) in [5.41, 5.74) is 1.66. The lowest BCUT2D eigenvalue weighted by Gasteiger charge is -2.38. The van der Waals surface area contributed by atoms with Crippen LogP contribution in [0.1, 0.15) is 21.5 Å². The summed E-state index contributed by atoms with van der Waals surface area (Å²) in [4.78, 5) is 26.4. The van der Waals surface area contributed by atoms with Gasteiger partial charge in [0.2, 0.25) is 5.91 Å². The average Bonchev–Trinajstić information content (AvgIpc) is 2.73. The van der Waals surface area contributed by atoms with E-state index >= 15 is 0 Å². The Morgan fingerprint density at radius 3 is 2.67 bits per heavy atom. The Morgan fingerprint density at radius 1 is 1.27 bits per heavy atom. The van der Waals surface area contributed by atoms with E-state index in [0.717, 1.165) is 0 Å². The first-order valence-corrected chi connectivity index (χ1v) is 9.56. The van der Waals surface area contributed by atoms with Crippen LogP contribution < -0.4 is 10.1 Å². The Hall–Kier alpha value is -3.50. The highest BCUT2D eigenvalue weighted by Crippen LogP contribution is 2.21. The van der Waals surface area contributed by atoms with E-state index in [0.29, 0.717) is 48.6 Å². The van der Waals surface area contributed by atoms with E-state index in [1.807, 2.05) is 0 Å². The van der Waals surface area contributed by atoms with Gasteiger partial charge in [0.25, 0.3) is 0 Å². The van der Waals surface area contributed by atoms with Gasteiger partial charge in [0.05, 0.1) is 18.7 Å². The van der Waals surface area contributed by atoms with Crippen molar-refractivity contribution in [3.8, 4) is 11.8 Å². The van der Waals surface area contributed by atoms with Gasteiger partial charge in [-0.3, -0.25) is 9.59 Å². The zero-order valence-electron chi connectivity index (χ0n) is 16.6. The maximum atomic E-state index is 13.0. The molecule has 1 aliphatic heterocycles. The van der Waals surface area contributed by atoms with Crippen LogP contribution >= 0.6 is 0 Å². The van der Waals surface area contributed by atoms with Crippen molar-refractivity contribution in [3.63, 3.8) is 0 Å². The van der Waals surface area contributed by atoms with Crippen LogP contribution in [-0.2, 0) is 4.79 Å². The van der Waals surface area contributed by atoms with Gasteiger partial charge in [-0.15, -0.1) is 0 Å². The first-order valence-electron chi connectivity index (χ1n) is 9.56. The molecule has 154 valence electrons. The van der Waals surface area contributed by atoms with Gasteiger partial charge in [-0.25, -0.2) is 4.39 Å². The Morgan fingerprint density at radius 2 is 2.00 bits per heavy atom. The summed E-state index contributed by atoms with van der Waals surface area (Å²) >= 11 is 0. The zero-order valence-corrected chi connectivity index (χ0v) is 16.6. The highest BCUT2D eigenvalue weighted by atomic mass is 19.1. The van der Waals surface area contributed by atoms with Crippen molar-refractivity contribution in [2.45, 2.75) is 0 Å². The number of Topliss-reactive ketones (excluding diaryl/α,β-unsaturated/α-hetero) is 1. The third-order valence-electron chi connectivity index (χ3n) is 4.96. The van der Waals surface area contributed by atoms with Gasteiger partial charge in [0.15, 0.2) is 5.78 Å². The predicted molar refractivity (Wildman–Crippen MR) is 110 cm³/mol. The molecule has 1 N–H and O–H groups in total. The number of ketones is 1. The molecule has 0 unspecified atom stereocenters. The number of halogens is 1. The fraction of sp³-hybridized carbons (Fsp3) is 0.261. The van der Waals surface area contributed by atoms with E-state index in [-0.39, 0.29) is 23.4 Å². The monoisotopic (exact) mass is 407 g/mol. The SMILES string of the molecule is COc1ccc(C#N)cc1/C=C/C(=O)NCCN1CC(C(=O)c2ccc(F)cc2)C1. The van der Waals surface area contributed by atoms with Crippen molar-refractivity contribution in [3.05, 3.63) is 71.0 Å². The number of hydrogen-bond acceptors (Lipinski definition) is 5. The van der Waals surface area contributed by atoms with Crippen molar-refractivity contribution >= 4 is 17.8 Å². The number of nitrogens with one attached hydrogen (secondary N) is 1. The Bertz CT molecular complexity index is 990. The first-order chi connectivity index (χ1) is 14.5. The minimum atomic E-state index is -0.359. The number of carbonyl (C=O) groups excluding carboxylic acids is 2. The molecule has 2 aromatic rings. The molecule has 0 aliphatic carbocycles. The molecule has 0 saturated carbocycles. The molecule has 0 atom stereocenters. The number of benzene rings is 2. The van der Waals surface area contributed by atoms with Crippen LogP contribution in [-0.4, -0.2) is 49.9 Å². The number of nitrogens with zero attached hydrogens (tertiary/aromatic N) is 2. The van der Waals surface area contributed by atoms with Gasteiger partial charge >= 0.3 is 0 Å². The van der Waals surface area contributed by atoms with E-state index in [2.05, 4.69) is 16.3 Å². The van der Waals surface area contributed by atoms with Gasteiger partial charge < -0.3 is 15.0 Å². The second-order valence-corrected chi connectivity index (χ2v) is 7.02. The number of nitriles is 1. The van der Waals surface area contributed by atoms with Crippen molar-refractivity contribution in [2.24, 2.45) is 5.92 Å². The Balaban J connectivity index is 1.41. The van der Waals surface area contributed by atoms with E-state index in [9.17, 15) is 14.0 Å². The zero-order chi connectivity index (χ0) is 21.5. The summed E-state index contributed by atoms with van der Waals surface area (Å²) in [6, 6.07) is 12.6. The minimum Gasteiger partial charge on any atom is -0.496 e. The lowest BCUT2D eigenvalue weighted by molar-refractivity contribution is -0.116. The number of rotatable bonds is 8. The average molecular weight is 407 g/mol. The van der Waals surface area contributed by atoms with Gasteiger partial charge in [-0.05, 0) is 48.5 Å². The molecule has 0 aromatic heterocycles. The fourth-order valence-corrected chi connectivity index (χ4v) is 3.26. The summed E-state index contributed by atoms with van der Waals surface area (Å²) < 4.78 is 18.2. The molecule has 0 spiro atoms. The lowest BCUT2D eigenvalue weighted by Crippen LogP contribution is -2.52. The van der Waals surface area contributed by atoms with Gasteiger partial charge in [0, 0.05) is 49.3 Å². The molecule has 6 nitrogen and oxygen atoms in total. The van der Waals surface area contributed by atoms with Crippen molar-refractivity contribution in [2.75, 3.05) is 33.3 Å². The molecule has 1 aliphatic rings. The van der Waals surface area contributed by atoms with Crippen LogP contribution in [0.25, 0.3) is 6.08 Å². The Kier molecular flexibility index (Phi) is 6.94. The molecule has 2 aromatic carbocycles. The number of carbonyl (C=O) groups is 2. The van der Waals surface area contributed by atoms with Crippen molar-refractivity contribution in [1.29, 1.82) is 5.26 Å². The van der Waals surface area contributed by atoms with Crippen LogP contribution in [0.2, 0.25) is 0 Å². The topological polar surface area (TPSA) is 82.4 Å². The molecule has 1 amide bonds. The van der Waals surface area contributed by atoms with Crippen LogP contribution in [0.4, 0.5) is 4.39 Å². The fourth-order valence-electron chi connectivity index (χ4n) is 3.26. The third-order valence-corrected chi connectivity index (χ3v) is 4.96. The van der Waals surface area contributed by atoms with E-state index < -0.39 is 0 Å². The van der Waals surface area contributed by atoms with Gasteiger partial charge in [-0.2, -0.15) is 5.26 Å². The highest BCUT2D eigenvalue weighted by molar-refractivity contribution is 5.98. The predicted octanol–water partition coefficient (Wildman–Crippen LogP) is 2.65. The number of likely N-dealkylation sites (tertiary alicyclic amines) is 1. The van der Waals surface area contributed by atoms with Crippen molar-refractivity contribution < 1.29 is 18.7 Å². The summed E-state index contributed by atoms with van der Waals surface area (Å²) in [6.45, 7) is 2.34. The quantitative estimate of drug-likeness (QED) is 0.537. The van der Waals surface area contributed by atoms with E-state index in [4.69, 9.17) is 10.00 Å². The number of hydrogen-bond donors (Lipinski definition) is 1. The second kappa shape index (κ2) is 9.81. The summed E-state index contributed by atoms with van der Waals surface area (Å²) in [5, 5.41) is 11.8. The normalized spacial score (nSPS) is 14.2. The van der Waals surface area contributed by atoms with Gasteiger partial charge in [0.1, 0.15) is 11.6 Å². The minimum absolute atomic E-state index is 0.0202. The third kappa shape index (κ3) is 5.31. The van der Waals surface area contributed by atoms with Gasteiger partial charge in [-0.1, -0.05) is 0 Å². The highest BCUT2D eigenvalue weighted by Gasteiger charge is 2.32. The van der Waals surface area contributed by atoms with Crippen molar-refractivity contribution in [1.82, 2.24) is 10.2 Å². The maximum Gasteiger partial charge on any atom is 0.244 e. The number of amides is 1. The number of methoxy groups -OCH3 is 1. The second-order valence-electron chi connectivity index (χ2n) is 7.02. The molecule has 1 heterocycles.